The van der Waals surface area contributed by atoms with E-state index < -0.39 is 10.8 Å². The highest BCUT2D eigenvalue weighted by molar-refractivity contribution is 9.10. The number of carbonyl (C=O) groups is 1. The first kappa shape index (κ1) is 22.2. The maximum atomic E-state index is 12.2. The van der Waals surface area contributed by atoms with Crippen LogP contribution in [0.3, 0.4) is 0 Å². The van der Waals surface area contributed by atoms with Crippen molar-refractivity contribution < 1.29 is 14.5 Å². The lowest BCUT2D eigenvalue weighted by atomic mass is 10.1. The van der Waals surface area contributed by atoms with E-state index in [4.69, 9.17) is 4.74 Å². The van der Waals surface area contributed by atoms with E-state index in [1.807, 2.05) is 36.7 Å². The van der Waals surface area contributed by atoms with E-state index in [1.54, 1.807) is 7.11 Å². The first-order chi connectivity index (χ1) is 14.8. The lowest BCUT2D eigenvalue weighted by Crippen LogP contribution is -2.17. The monoisotopic (exact) mass is 485 g/mol. The van der Waals surface area contributed by atoms with Gasteiger partial charge in [-0.05, 0) is 59.6 Å². The van der Waals surface area contributed by atoms with E-state index in [1.165, 1.54) is 30.5 Å². The fraction of sp³-hybridized carbons (Fsp3) is 0.190. The second-order valence-corrected chi connectivity index (χ2v) is 7.51. The first-order valence-electron chi connectivity index (χ1n) is 9.24. The summed E-state index contributed by atoms with van der Waals surface area (Å²) in [4.78, 5) is 22.5. The molecule has 0 radical (unpaired) electrons. The maximum Gasteiger partial charge on any atom is 0.271 e. The van der Waals surface area contributed by atoms with Crippen molar-refractivity contribution in [3.8, 4) is 5.75 Å². The Hall–Kier alpha value is -3.53. The molecule has 0 aliphatic rings. The van der Waals surface area contributed by atoms with Gasteiger partial charge in [0, 0.05) is 23.3 Å². The number of halogens is 1. The number of nitro benzene ring substituents is 1. The van der Waals surface area contributed by atoms with Crippen LogP contribution in [0.2, 0.25) is 0 Å². The van der Waals surface area contributed by atoms with Gasteiger partial charge >= 0.3 is 0 Å². The third-order valence-corrected chi connectivity index (χ3v) is 5.76. The van der Waals surface area contributed by atoms with Gasteiger partial charge in [-0.2, -0.15) is 10.2 Å². The Bertz CT molecular complexity index is 1170. The molecule has 2 aromatic carbocycles. The Kier molecular flexibility index (Phi) is 6.81. The quantitative estimate of drug-likeness (QED) is 0.308. The third kappa shape index (κ3) is 5.15. The van der Waals surface area contributed by atoms with Crippen molar-refractivity contribution in [3.05, 3.63) is 85.1 Å². The molecule has 0 unspecified atom stereocenters. The number of non-ortho nitro benzene ring substituents is 1. The minimum absolute atomic E-state index is 0.150. The number of carbonyl (C=O) groups excluding carboxylic acids is 1. The van der Waals surface area contributed by atoms with Crippen LogP contribution in [0.5, 0.6) is 5.75 Å². The van der Waals surface area contributed by atoms with Crippen molar-refractivity contribution in [2.45, 2.75) is 20.4 Å². The third-order valence-electron chi connectivity index (χ3n) is 4.62. The highest BCUT2D eigenvalue weighted by atomic mass is 79.9. The van der Waals surface area contributed by atoms with Crippen LogP contribution in [-0.2, 0) is 6.54 Å². The Morgan fingerprint density at radius 2 is 2.10 bits per heavy atom. The standard InChI is InChI=1S/C21H20BrN5O4/c1-13-20(22)14(2)26(25-13)12-17-9-15(7-8-19(17)31-3)11-23-24-21(28)16-5-4-6-18(10-16)27(29)30/h4-11H,12H2,1-3H3,(H,24,28)/b23-11-. The largest absolute Gasteiger partial charge is 0.496 e. The summed E-state index contributed by atoms with van der Waals surface area (Å²) in [6, 6.07) is 11.0. The second-order valence-electron chi connectivity index (χ2n) is 6.72. The number of methoxy groups -OCH3 is 1. The zero-order valence-electron chi connectivity index (χ0n) is 17.1. The number of aromatic nitrogens is 2. The number of nitro groups is 1. The molecule has 10 heteroatoms. The highest BCUT2D eigenvalue weighted by Crippen LogP contribution is 2.24. The number of amides is 1. The van der Waals surface area contributed by atoms with Gasteiger partial charge in [-0.15, -0.1) is 0 Å². The van der Waals surface area contributed by atoms with E-state index in [9.17, 15) is 14.9 Å². The normalized spacial score (nSPS) is 11.0. The smallest absolute Gasteiger partial charge is 0.271 e. The van der Waals surface area contributed by atoms with Crippen LogP contribution < -0.4 is 10.2 Å². The summed E-state index contributed by atoms with van der Waals surface area (Å²) in [6.45, 7) is 4.41. The molecule has 0 aliphatic carbocycles. The molecule has 31 heavy (non-hydrogen) atoms. The summed E-state index contributed by atoms with van der Waals surface area (Å²) < 4.78 is 8.30. The molecule has 1 heterocycles. The molecular weight excluding hydrogens is 466 g/mol. The van der Waals surface area contributed by atoms with Crippen LogP contribution in [0.1, 0.15) is 32.9 Å². The SMILES string of the molecule is COc1ccc(/C=N\NC(=O)c2cccc([N+](=O)[O-])c2)cc1Cn1nc(C)c(Br)c1C. The molecule has 1 amide bonds. The first-order valence-corrected chi connectivity index (χ1v) is 10.0. The summed E-state index contributed by atoms with van der Waals surface area (Å²) in [7, 11) is 1.60. The van der Waals surface area contributed by atoms with Crippen LogP contribution in [0.25, 0.3) is 0 Å². The van der Waals surface area contributed by atoms with E-state index in [0.29, 0.717) is 12.3 Å². The van der Waals surface area contributed by atoms with Crippen LogP contribution in [-0.4, -0.2) is 33.9 Å². The van der Waals surface area contributed by atoms with Gasteiger partial charge in [-0.25, -0.2) is 5.43 Å². The van der Waals surface area contributed by atoms with Gasteiger partial charge in [0.1, 0.15) is 5.75 Å². The van der Waals surface area contributed by atoms with E-state index in [-0.39, 0.29) is 11.3 Å². The molecule has 3 rings (SSSR count). The molecule has 3 aromatic rings. The van der Waals surface area contributed by atoms with Crippen LogP contribution in [0.4, 0.5) is 5.69 Å². The lowest BCUT2D eigenvalue weighted by Gasteiger charge is -2.11. The number of benzene rings is 2. The number of nitrogens with zero attached hydrogens (tertiary/aromatic N) is 4. The number of ether oxygens (including phenoxy) is 1. The van der Waals surface area contributed by atoms with Gasteiger partial charge in [0.25, 0.3) is 11.6 Å². The molecule has 0 saturated heterocycles. The van der Waals surface area contributed by atoms with E-state index in [2.05, 4.69) is 31.6 Å². The Morgan fingerprint density at radius 1 is 1.32 bits per heavy atom. The maximum absolute atomic E-state index is 12.2. The fourth-order valence-electron chi connectivity index (χ4n) is 2.98. The van der Waals surface area contributed by atoms with Gasteiger partial charge < -0.3 is 4.74 Å². The number of aryl methyl sites for hydroxylation is 1. The van der Waals surface area contributed by atoms with Crippen LogP contribution >= 0.6 is 15.9 Å². The second kappa shape index (κ2) is 9.52. The Morgan fingerprint density at radius 3 is 2.74 bits per heavy atom. The molecule has 9 nitrogen and oxygen atoms in total. The number of rotatable bonds is 7. The predicted molar refractivity (Wildman–Crippen MR) is 120 cm³/mol. The number of nitrogens with one attached hydrogen (secondary N) is 1. The van der Waals surface area contributed by atoms with Gasteiger partial charge in [0.05, 0.1) is 40.7 Å². The fourth-order valence-corrected chi connectivity index (χ4v) is 3.27. The molecule has 160 valence electrons. The van der Waals surface area contributed by atoms with Gasteiger partial charge in [0.2, 0.25) is 0 Å². The van der Waals surface area contributed by atoms with Crippen molar-refractivity contribution in [3.63, 3.8) is 0 Å². The number of hydrogen-bond donors (Lipinski definition) is 1. The number of hydrazone groups is 1. The van der Waals surface area contributed by atoms with Crippen LogP contribution in [0.15, 0.2) is 52.0 Å². The molecule has 0 atom stereocenters. The van der Waals surface area contributed by atoms with E-state index >= 15 is 0 Å². The average Bonchev–Trinajstić information content (AvgIpc) is 3.00. The minimum atomic E-state index is -0.555. The Balaban J connectivity index is 1.76. The van der Waals surface area contributed by atoms with Crippen molar-refractivity contribution in [1.29, 1.82) is 0 Å². The number of hydrogen-bond acceptors (Lipinski definition) is 6. The summed E-state index contributed by atoms with van der Waals surface area (Å²) in [5, 5.41) is 19.3. The molecule has 0 spiro atoms. The van der Waals surface area contributed by atoms with E-state index in [0.717, 1.165) is 27.0 Å². The van der Waals surface area contributed by atoms with Gasteiger partial charge in [-0.3, -0.25) is 19.6 Å². The van der Waals surface area contributed by atoms with Crippen molar-refractivity contribution in [2.24, 2.45) is 5.10 Å². The Labute approximate surface area is 187 Å². The topological polar surface area (TPSA) is 112 Å². The molecule has 0 saturated carbocycles. The average molecular weight is 486 g/mol. The predicted octanol–water partition coefficient (Wildman–Crippen LogP) is 3.99. The zero-order chi connectivity index (χ0) is 22.5. The molecule has 1 N–H and O–H groups in total. The summed E-state index contributed by atoms with van der Waals surface area (Å²) in [5.41, 5.74) is 5.92. The highest BCUT2D eigenvalue weighted by Gasteiger charge is 2.13. The molecule has 1 aromatic heterocycles. The lowest BCUT2D eigenvalue weighted by molar-refractivity contribution is -0.384. The van der Waals surface area contributed by atoms with Crippen molar-refractivity contribution >= 4 is 33.7 Å². The zero-order valence-corrected chi connectivity index (χ0v) is 18.7. The van der Waals surface area contributed by atoms with Crippen molar-refractivity contribution in [2.75, 3.05) is 7.11 Å². The van der Waals surface area contributed by atoms with Gasteiger partial charge in [0.15, 0.2) is 0 Å². The summed E-state index contributed by atoms with van der Waals surface area (Å²) in [5.74, 6) is 0.169. The van der Waals surface area contributed by atoms with Crippen LogP contribution in [0, 0.1) is 24.0 Å². The molecule has 0 fully saturated rings. The summed E-state index contributed by atoms with van der Waals surface area (Å²) >= 11 is 3.53. The summed E-state index contributed by atoms with van der Waals surface area (Å²) in [6.07, 6.45) is 1.50. The minimum Gasteiger partial charge on any atom is -0.496 e. The van der Waals surface area contributed by atoms with Crippen molar-refractivity contribution in [1.82, 2.24) is 15.2 Å². The molecule has 0 bridgehead atoms. The molecular formula is C21H20BrN5O4. The van der Waals surface area contributed by atoms with Gasteiger partial charge in [-0.1, -0.05) is 6.07 Å². The molecule has 0 aliphatic heterocycles.